The van der Waals surface area contributed by atoms with Crippen LogP contribution >= 0.6 is 0 Å². The summed E-state index contributed by atoms with van der Waals surface area (Å²) in [5.74, 6) is 0.630. The first kappa shape index (κ1) is 29.9. The summed E-state index contributed by atoms with van der Waals surface area (Å²) < 4.78 is 6.54. The van der Waals surface area contributed by atoms with Gasteiger partial charge < -0.3 is 9.32 Å². The Bertz CT molecular complexity index is 2880. The second-order valence-corrected chi connectivity index (χ2v) is 13.2. The van der Waals surface area contributed by atoms with Gasteiger partial charge in [-0.2, -0.15) is 0 Å². The Balaban J connectivity index is 1.20. The van der Waals surface area contributed by atoms with Gasteiger partial charge in [-0.15, -0.1) is 0 Å². The zero-order valence-corrected chi connectivity index (χ0v) is 28.3. The van der Waals surface area contributed by atoms with Crippen molar-refractivity contribution in [2.45, 2.75) is 0 Å². The van der Waals surface area contributed by atoms with Crippen molar-refractivity contribution in [1.29, 1.82) is 0 Å². The van der Waals surface area contributed by atoms with Crippen molar-refractivity contribution >= 4 is 60.5 Å². The summed E-state index contributed by atoms with van der Waals surface area (Å²) in [7, 11) is 0. The molecule has 0 radical (unpaired) electrons. The lowest BCUT2D eigenvalue weighted by Gasteiger charge is -2.27. The van der Waals surface area contributed by atoms with Gasteiger partial charge in [0.25, 0.3) is 0 Å². The topological polar surface area (TPSA) is 29.3 Å². The van der Waals surface area contributed by atoms with E-state index >= 15 is 0 Å². The molecule has 0 aliphatic carbocycles. The van der Waals surface area contributed by atoms with E-state index in [9.17, 15) is 0 Å². The van der Waals surface area contributed by atoms with Crippen molar-refractivity contribution in [2.75, 3.05) is 4.90 Å². The molecule has 10 rings (SSSR count). The van der Waals surface area contributed by atoms with Crippen LogP contribution in [-0.2, 0) is 0 Å². The van der Waals surface area contributed by atoms with Crippen molar-refractivity contribution < 1.29 is 4.42 Å². The van der Waals surface area contributed by atoms with Crippen molar-refractivity contribution in [3.8, 4) is 33.7 Å². The summed E-state index contributed by atoms with van der Waals surface area (Å²) in [5, 5.41) is 6.80. The number of hydrogen-bond donors (Lipinski definition) is 0. The van der Waals surface area contributed by atoms with Crippen LogP contribution in [0.2, 0.25) is 0 Å². The Morgan fingerprint density at radius 3 is 1.65 bits per heavy atom. The van der Waals surface area contributed by atoms with Crippen LogP contribution in [0.5, 0.6) is 0 Å². The Labute approximate surface area is 301 Å². The maximum atomic E-state index is 6.54. The molecule has 1 aromatic heterocycles. The van der Waals surface area contributed by atoms with Crippen LogP contribution in [0.3, 0.4) is 0 Å². The van der Waals surface area contributed by atoms with Crippen LogP contribution in [0.4, 0.5) is 17.1 Å². The van der Waals surface area contributed by atoms with Gasteiger partial charge >= 0.3 is 0 Å². The highest BCUT2D eigenvalue weighted by atomic mass is 16.3. The third-order valence-corrected chi connectivity index (χ3v) is 10.1. The fourth-order valence-electron chi connectivity index (χ4n) is 7.56. The molecule has 0 fully saturated rings. The van der Waals surface area contributed by atoms with E-state index in [0.29, 0.717) is 5.89 Å². The monoisotopic (exact) mass is 664 g/mol. The molecule has 0 unspecified atom stereocenters. The van der Waals surface area contributed by atoms with Gasteiger partial charge in [0, 0.05) is 33.4 Å². The molecule has 0 amide bonds. The van der Waals surface area contributed by atoms with E-state index in [4.69, 9.17) is 9.40 Å². The molecule has 1 heterocycles. The maximum absolute atomic E-state index is 6.54. The largest absolute Gasteiger partial charge is 0.435 e. The summed E-state index contributed by atoms with van der Waals surface area (Å²) in [4.78, 5) is 7.48. The molecule has 244 valence electrons. The molecule has 0 aliphatic rings. The molecule has 52 heavy (non-hydrogen) atoms. The number of fused-ring (bicyclic) bond motifs is 8. The van der Waals surface area contributed by atoms with Gasteiger partial charge in [-0.1, -0.05) is 146 Å². The van der Waals surface area contributed by atoms with Gasteiger partial charge in [0.1, 0.15) is 5.52 Å². The number of hydrogen-bond acceptors (Lipinski definition) is 3. The van der Waals surface area contributed by atoms with Gasteiger partial charge in [0.05, 0.1) is 0 Å². The Kier molecular flexibility index (Phi) is 7.14. The highest BCUT2D eigenvalue weighted by Crippen LogP contribution is 2.43. The van der Waals surface area contributed by atoms with Crippen molar-refractivity contribution in [3.05, 3.63) is 194 Å². The van der Waals surface area contributed by atoms with E-state index in [1.807, 2.05) is 30.3 Å². The third kappa shape index (κ3) is 5.10. The normalized spacial score (nSPS) is 11.5. The first-order chi connectivity index (χ1) is 25.8. The molecule has 0 saturated carbocycles. The summed E-state index contributed by atoms with van der Waals surface area (Å²) in [6, 6.07) is 68.7. The fraction of sp³-hybridized carbons (Fsp3) is 0. The summed E-state index contributed by atoms with van der Waals surface area (Å²) >= 11 is 0. The molecule has 9 aromatic carbocycles. The summed E-state index contributed by atoms with van der Waals surface area (Å²) in [5.41, 5.74) is 10.6. The standard InChI is InChI=1S/C49H32N2O/c1-4-13-33(14-5-1)35-23-27-39(28-24-35)51(40-20-12-19-38(31-40)34-15-6-2-7-16-34)41-29-25-36-26-30-44-46(45(36)32-41)42-21-10-11-22-43(42)48-47(44)50-49(52-48)37-17-8-3-9-18-37/h1-32H. The predicted octanol–water partition coefficient (Wildman–Crippen LogP) is 13.8. The van der Waals surface area contributed by atoms with Crippen LogP contribution in [0.25, 0.3) is 77.1 Å². The molecule has 0 spiro atoms. The minimum absolute atomic E-state index is 0.630. The van der Waals surface area contributed by atoms with Crippen LogP contribution in [0.1, 0.15) is 0 Å². The molecule has 10 aromatic rings. The number of rotatable bonds is 6. The lowest BCUT2D eigenvalue weighted by atomic mass is 9.94. The molecular formula is C49H32N2O. The van der Waals surface area contributed by atoms with Gasteiger partial charge in [-0.25, -0.2) is 4.98 Å². The number of oxazole rings is 1. The third-order valence-electron chi connectivity index (χ3n) is 10.1. The minimum Gasteiger partial charge on any atom is -0.435 e. The Morgan fingerprint density at radius 1 is 0.365 bits per heavy atom. The molecule has 3 heteroatoms. The lowest BCUT2D eigenvalue weighted by Crippen LogP contribution is -2.10. The van der Waals surface area contributed by atoms with Crippen LogP contribution in [0.15, 0.2) is 199 Å². The first-order valence-electron chi connectivity index (χ1n) is 17.6. The van der Waals surface area contributed by atoms with E-state index in [1.54, 1.807) is 0 Å². The van der Waals surface area contributed by atoms with Crippen molar-refractivity contribution in [3.63, 3.8) is 0 Å². The van der Waals surface area contributed by atoms with E-state index in [2.05, 4.69) is 169 Å². The SMILES string of the molecule is c1ccc(-c2ccc(N(c3cccc(-c4ccccc4)c3)c3ccc4ccc5c6nc(-c7ccccc7)oc6c6ccccc6c5c4c3)cc2)cc1. The minimum atomic E-state index is 0.630. The number of anilines is 3. The molecule has 0 N–H and O–H groups in total. The summed E-state index contributed by atoms with van der Waals surface area (Å²) in [6.45, 7) is 0. The predicted molar refractivity (Wildman–Crippen MR) is 218 cm³/mol. The molecule has 3 nitrogen and oxygen atoms in total. The number of benzene rings is 9. The average molecular weight is 665 g/mol. The Morgan fingerprint density at radius 2 is 0.923 bits per heavy atom. The Hall–Kier alpha value is -6.97. The van der Waals surface area contributed by atoms with Crippen molar-refractivity contribution in [1.82, 2.24) is 4.98 Å². The van der Waals surface area contributed by atoms with E-state index in [-0.39, 0.29) is 0 Å². The second-order valence-electron chi connectivity index (χ2n) is 13.2. The average Bonchev–Trinajstić information content (AvgIpc) is 3.68. The second kappa shape index (κ2) is 12.4. The zero-order valence-electron chi connectivity index (χ0n) is 28.3. The molecule has 0 bridgehead atoms. The van der Waals surface area contributed by atoms with Crippen LogP contribution < -0.4 is 4.90 Å². The van der Waals surface area contributed by atoms with Gasteiger partial charge in [0.2, 0.25) is 5.89 Å². The van der Waals surface area contributed by atoms with Crippen molar-refractivity contribution in [2.24, 2.45) is 0 Å². The first-order valence-corrected chi connectivity index (χ1v) is 17.6. The van der Waals surface area contributed by atoms with E-state index < -0.39 is 0 Å². The van der Waals surface area contributed by atoms with Gasteiger partial charge in [-0.3, -0.25) is 0 Å². The molecule has 0 saturated heterocycles. The number of nitrogens with zero attached hydrogens (tertiary/aromatic N) is 2. The van der Waals surface area contributed by atoms with E-state index in [0.717, 1.165) is 49.9 Å². The molecular weight excluding hydrogens is 633 g/mol. The van der Waals surface area contributed by atoms with Gasteiger partial charge in [0.15, 0.2) is 5.58 Å². The highest BCUT2D eigenvalue weighted by Gasteiger charge is 2.20. The van der Waals surface area contributed by atoms with E-state index in [1.165, 1.54) is 38.4 Å². The fourth-order valence-corrected chi connectivity index (χ4v) is 7.56. The quantitative estimate of drug-likeness (QED) is 0.166. The highest BCUT2D eigenvalue weighted by molar-refractivity contribution is 6.30. The number of aromatic nitrogens is 1. The zero-order chi connectivity index (χ0) is 34.4. The van der Waals surface area contributed by atoms with Gasteiger partial charge in [-0.05, 0) is 92.3 Å². The van der Waals surface area contributed by atoms with Crippen LogP contribution in [-0.4, -0.2) is 4.98 Å². The maximum Gasteiger partial charge on any atom is 0.227 e. The smallest absolute Gasteiger partial charge is 0.227 e. The van der Waals surface area contributed by atoms with Crippen LogP contribution in [0, 0.1) is 0 Å². The molecule has 0 atom stereocenters. The molecule has 0 aliphatic heterocycles. The lowest BCUT2D eigenvalue weighted by molar-refractivity contribution is 0.623. The summed E-state index contributed by atoms with van der Waals surface area (Å²) in [6.07, 6.45) is 0.